The Balaban J connectivity index is 1.44. The maximum atomic E-state index is 14.0. The summed E-state index contributed by atoms with van der Waals surface area (Å²) in [5.41, 5.74) is 4.32. The molecule has 2 aliphatic rings. The molecule has 0 radical (unpaired) electrons. The van der Waals surface area contributed by atoms with Crippen molar-refractivity contribution in [1.82, 2.24) is 14.9 Å². The summed E-state index contributed by atoms with van der Waals surface area (Å²) in [6, 6.07) is 7.83. The Morgan fingerprint density at radius 3 is 2.85 bits per heavy atom. The van der Waals surface area contributed by atoms with Crippen molar-refractivity contribution >= 4 is 22.6 Å². The second kappa shape index (κ2) is 8.61. The van der Waals surface area contributed by atoms with Crippen LogP contribution in [-0.4, -0.2) is 62.9 Å². The van der Waals surface area contributed by atoms with Gasteiger partial charge in [0, 0.05) is 41.8 Å². The van der Waals surface area contributed by atoms with Crippen molar-refractivity contribution in [2.24, 2.45) is 0 Å². The van der Waals surface area contributed by atoms with Crippen LogP contribution in [0.25, 0.3) is 27.7 Å². The van der Waals surface area contributed by atoms with Gasteiger partial charge in [-0.25, -0.2) is 9.37 Å². The molecule has 5 rings (SSSR count). The number of aliphatic carboxylic acids is 1. The van der Waals surface area contributed by atoms with Crippen molar-refractivity contribution in [2.45, 2.75) is 43.9 Å². The van der Waals surface area contributed by atoms with E-state index in [4.69, 9.17) is 4.74 Å². The predicted molar refractivity (Wildman–Crippen MR) is 122 cm³/mol. The first kappa shape index (κ1) is 21.6. The summed E-state index contributed by atoms with van der Waals surface area (Å²) in [5.74, 6) is -0.616. The van der Waals surface area contributed by atoms with E-state index in [0.29, 0.717) is 23.5 Å². The van der Waals surface area contributed by atoms with Crippen LogP contribution in [0.3, 0.4) is 0 Å². The molecule has 1 aliphatic heterocycles. The first-order valence-electron chi connectivity index (χ1n) is 11.1. The van der Waals surface area contributed by atoms with Gasteiger partial charge in [0.05, 0.1) is 13.2 Å². The van der Waals surface area contributed by atoms with Crippen LogP contribution in [0.15, 0.2) is 42.6 Å². The summed E-state index contributed by atoms with van der Waals surface area (Å²) in [6.45, 7) is 0.403. The molecule has 8 heteroatoms. The molecule has 1 aromatic carbocycles. The van der Waals surface area contributed by atoms with Crippen LogP contribution in [0.4, 0.5) is 4.39 Å². The van der Waals surface area contributed by atoms with E-state index in [1.807, 2.05) is 17.0 Å². The number of benzene rings is 1. The van der Waals surface area contributed by atoms with E-state index >= 15 is 0 Å². The number of likely N-dealkylation sites (tertiary alicyclic amines) is 1. The highest BCUT2D eigenvalue weighted by Gasteiger charge is 2.40. The summed E-state index contributed by atoms with van der Waals surface area (Å²) >= 11 is 0. The number of rotatable bonds is 5. The molecule has 3 atom stereocenters. The number of carbonyl (C=O) groups is 1. The van der Waals surface area contributed by atoms with E-state index in [2.05, 4.69) is 16.0 Å². The first-order chi connectivity index (χ1) is 15.9. The number of carboxylic acids is 1. The van der Waals surface area contributed by atoms with E-state index in [1.165, 1.54) is 12.1 Å². The van der Waals surface area contributed by atoms with E-state index in [0.717, 1.165) is 41.5 Å². The highest BCUT2D eigenvalue weighted by Crippen LogP contribution is 2.38. The highest BCUT2D eigenvalue weighted by atomic mass is 19.1. The van der Waals surface area contributed by atoms with Gasteiger partial charge in [-0.2, -0.15) is 0 Å². The summed E-state index contributed by atoms with van der Waals surface area (Å²) in [5, 5.41) is 20.4. The number of H-pyrrole nitrogens is 1. The third-order valence-electron chi connectivity index (χ3n) is 6.78. The molecule has 172 valence electrons. The standard InChI is InChI=1S/C25H26FN3O4/c1-33-23-7-4-15(26)10-19(23)18-8-9-27-24-20(18)12-21(28-24)14-2-5-16(6-3-14)29-13-17(30)11-22(29)25(31)32/h2,4,7-10,12,16-17,22,30H,3,5-6,11,13H2,1H3,(H,27,28)(H,31,32)/t16?,17?,22-/m0/s1. The third kappa shape index (κ3) is 4.00. The SMILES string of the molecule is COc1ccc(F)cc1-c1ccnc2[nH]c(C3=CCC(N4CC(O)C[C@H]4C(=O)O)CC3)cc12. The topological polar surface area (TPSA) is 98.7 Å². The Bertz CT molecular complexity index is 1240. The van der Waals surface area contributed by atoms with Gasteiger partial charge >= 0.3 is 5.97 Å². The minimum absolute atomic E-state index is 0.0987. The Hall–Kier alpha value is -3.23. The van der Waals surface area contributed by atoms with Crippen molar-refractivity contribution in [2.75, 3.05) is 13.7 Å². The van der Waals surface area contributed by atoms with Gasteiger partial charge < -0.3 is 19.9 Å². The fourth-order valence-electron chi connectivity index (χ4n) is 5.18. The van der Waals surface area contributed by atoms with Gasteiger partial charge in [-0.15, -0.1) is 0 Å². The maximum Gasteiger partial charge on any atom is 0.321 e. The molecule has 7 nitrogen and oxygen atoms in total. The summed E-state index contributed by atoms with van der Waals surface area (Å²) in [4.78, 5) is 21.4. The van der Waals surface area contributed by atoms with Crippen molar-refractivity contribution in [3.63, 3.8) is 0 Å². The molecule has 33 heavy (non-hydrogen) atoms. The van der Waals surface area contributed by atoms with Gasteiger partial charge in [0.1, 0.15) is 23.3 Å². The van der Waals surface area contributed by atoms with Gasteiger partial charge in [-0.05, 0) is 60.7 Å². The van der Waals surface area contributed by atoms with Crippen LogP contribution < -0.4 is 4.74 Å². The molecule has 3 N–H and O–H groups in total. The Kier molecular flexibility index (Phi) is 5.64. The van der Waals surface area contributed by atoms with E-state index in [1.54, 1.807) is 19.4 Å². The largest absolute Gasteiger partial charge is 0.496 e. The molecular weight excluding hydrogens is 425 g/mol. The van der Waals surface area contributed by atoms with Crippen LogP contribution in [0.2, 0.25) is 0 Å². The van der Waals surface area contributed by atoms with Crippen molar-refractivity contribution in [3.8, 4) is 16.9 Å². The number of aliphatic hydroxyl groups excluding tert-OH is 1. The van der Waals surface area contributed by atoms with Crippen LogP contribution in [-0.2, 0) is 4.79 Å². The first-order valence-corrected chi connectivity index (χ1v) is 11.1. The fraction of sp³-hybridized carbons (Fsp3) is 0.360. The van der Waals surface area contributed by atoms with Crippen LogP contribution in [0.5, 0.6) is 5.75 Å². The second-order valence-electron chi connectivity index (χ2n) is 8.75. The zero-order valence-corrected chi connectivity index (χ0v) is 18.3. The number of ether oxygens (including phenoxy) is 1. The van der Waals surface area contributed by atoms with Gasteiger partial charge in [0.2, 0.25) is 0 Å². The average molecular weight is 451 g/mol. The summed E-state index contributed by atoms with van der Waals surface area (Å²) in [7, 11) is 1.56. The zero-order valence-electron chi connectivity index (χ0n) is 18.3. The molecule has 1 saturated heterocycles. The van der Waals surface area contributed by atoms with Crippen LogP contribution >= 0.6 is 0 Å². The number of methoxy groups -OCH3 is 1. The number of pyridine rings is 1. The fourth-order valence-corrected chi connectivity index (χ4v) is 5.18. The number of halogens is 1. The number of nitrogens with zero attached hydrogens (tertiary/aromatic N) is 2. The summed E-state index contributed by atoms with van der Waals surface area (Å²) < 4.78 is 19.4. The number of β-amino-alcohol motifs (C(OH)–C–C–N with tert-alkyl or cyclic N) is 1. The maximum absolute atomic E-state index is 14.0. The Labute approximate surface area is 190 Å². The molecule has 3 aromatic rings. The van der Waals surface area contributed by atoms with Gasteiger partial charge in [0.25, 0.3) is 0 Å². The van der Waals surface area contributed by atoms with Gasteiger partial charge in [0.15, 0.2) is 0 Å². The van der Waals surface area contributed by atoms with Crippen LogP contribution in [0, 0.1) is 5.82 Å². The van der Waals surface area contributed by atoms with Gasteiger partial charge in [-0.3, -0.25) is 9.69 Å². The minimum Gasteiger partial charge on any atom is -0.496 e. The lowest BCUT2D eigenvalue weighted by Gasteiger charge is -2.33. The number of aromatic amines is 1. The smallest absolute Gasteiger partial charge is 0.321 e. The number of carboxylic acid groups (broad SMARTS) is 1. The molecular formula is C25H26FN3O4. The number of hydrogen-bond acceptors (Lipinski definition) is 5. The molecule has 2 aromatic heterocycles. The Morgan fingerprint density at radius 1 is 1.27 bits per heavy atom. The molecule has 0 saturated carbocycles. The lowest BCUT2D eigenvalue weighted by molar-refractivity contribution is -0.143. The lowest BCUT2D eigenvalue weighted by atomic mass is 9.91. The predicted octanol–water partition coefficient (Wildman–Crippen LogP) is 3.83. The zero-order chi connectivity index (χ0) is 23.1. The van der Waals surface area contributed by atoms with Crippen molar-refractivity contribution in [3.05, 3.63) is 54.1 Å². The third-order valence-corrected chi connectivity index (χ3v) is 6.78. The molecule has 0 spiro atoms. The number of aliphatic hydroxyl groups is 1. The number of allylic oxidation sites excluding steroid dienone is 1. The normalized spacial score (nSPS) is 23.6. The highest BCUT2D eigenvalue weighted by molar-refractivity contribution is 5.96. The van der Waals surface area contributed by atoms with E-state index in [-0.39, 0.29) is 18.3 Å². The molecule has 2 unspecified atom stereocenters. The molecule has 3 heterocycles. The lowest BCUT2D eigenvalue weighted by Crippen LogP contribution is -2.43. The summed E-state index contributed by atoms with van der Waals surface area (Å²) in [6.07, 6.45) is 5.85. The molecule has 0 bridgehead atoms. The molecule has 1 aliphatic carbocycles. The monoisotopic (exact) mass is 451 g/mol. The van der Waals surface area contributed by atoms with Crippen molar-refractivity contribution < 1.29 is 24.1 Å². The number of hydrogen-bond donors (Lipinski definition) is 3. The van der Waals surface area contributed by atoms with E-state index in [9.17, 15) is 19.4 Å². The number of aromatic nitrogens is 2. The average Bonchev–Trinajstić information content (AvgIpc) is 3.43. The molecule has 0 amide bonds. The Morgan fingerprint density at radius 2 is 2.12 bits per heavy atom. The van der Waals surface area contributed by atoms with Crippen molar-refractivity contribution in [1.29, 1.82) is 0 Å². The number of nitrogens with one attached hydrogen (secondary N) is 1. The quantitative estimate of drug-likeness (QED) is 0.545. The number of fused-ring (bicyclic) bond motifs is 1. The minimum atomic E-state index is -0.872. The molecule has 1 fully saturated rings. The van der Waals surface area contributed by atoms with Crippen LogP contribution in [0.1, 0.15) is 31.4 Å². The van der Waals surface area contributed by atoms with Gasteiger partial charge in [-0.1, -0.05) is 6.08 Å². The second-order valence-corrected chi connectivity index (χ2v) is 8.75. The van der Waals surface area contributed by atoms with E-state index < -0.39 is 18.1 Å².